The first-order valence-electron chi connectivity index (χ1n) is 15.3. The monoisotopic (exact) mass is 600 g/mol. The van der Waals surface area contributed by atoms with Crippen molar-refractivity contribution in [2.75, 3.05) is 51.4 Å². The van der Waals surface area contributed by atoms with Crippen molar-refractivity contribution in [1.82, 2.24) is 10.2 Å². The number of anilines is 1. The Balaban J connectivity index is 1.51. The third-order valence-electron chi connectivity index (χ3n) is 8.77. The second-order valence-corrected chi connectivity index (χ2v) is 11.6. The minimum atomic E-state index is -2.63. The van der Waals surface area contributed by atoms with Crippen molar-refractivity contribution in [2.24, 2.45) is 10.9 Å². The fourth-order valence-corrected chi connectivity index (χ4v) is 6.48. The molecular formula is C32H42F2N4O5. The highest BCUT2D eigenvalue weighted by Crippen LogP contribution is 2.37. The number of nitrogens with one attached hydrogen (secondary N) is 1. The maximum atomic E-state index is 14.1. The van der Waals surface area contributed by atoms with E-state index in [2.05, 4.69) is 22.1 Å². The summed E-state index contributed by atoms with van der Waals surface area (Å²) in [6.07, 6.45) is 3.72. The molecule has 2 fully saturated rings. The van der Waals surface area contributed by atoms with Gasteiger partial charge >= 0.3 is 0 Å². The van der Waals surface area contributed by atoms with Crippen LogP contribution in [0.15, 0.2) is 33.4 Å². The Morgan fingerprint density at radius 1 is 1.21 bits per heavy atom. The van der Waals surface area contributed by atoms with Crippen molar-refractivity contribution in [3.8, 4) is 0 Å². The molecule has 0 radical (unpaired) electrons. The molecule has 1 aromatic heterocycles. The van der Waals surface area contributed by atoms with Gasteiger partial charge in [-0.15, -0.1) is 0 Å². The first-order chi connectivity index (χ1) is 20.6. The van der Waals surface area contributed by atoms with Crippen LogP contribution in [0.25, 0.3) is 11.0 Å². The number of piperidine rings is 1. The molecule has 1 aromatic carbocycles. The molecule has 2 aromatic rings. The van der Waals surface area contributed by atoms with Crippen LogP contribution < -0.4 is 10.2 Å². The van der Waals surface area contributed by atoms with Gasteiger partial charge in [0.05, 0.1) is 19.2 Å². The lowest BCUT2D eigenvalue weighted by Crippen LogP contribution is -2.40. The van der Waals surface area contributed by atoms with Crippen molar-refractivity contribution >= 4 is 34.2 Å². The highest BCUT2D eigenvalue weighted by Gasteiger charge is 2.35. The smallest absolute Gasteiger partial charge is 0.258 e. The topological polar surface area (TPSA) is 96.6 Å². The average Bonchev–Trinajstić information content (AvgIpc) is 3.39. The molecule has 9 nitrogen and oxygen atoms in total. The normalized spacial score (nSPS) is 21.4. The Kier molecular flexibility index (Phi) is 9.51. The van der Waals surface area contributed by atoms with E-state index in [1.54, 1.807) is 13.0 Å². The number of likely N-dealkylation sites (tertiary alicyclic amines) is 1. The van der Waals surface area contributed by atoms with E-state index < -0.39 is 11.8 Å². The Labute approximate surface area is 251 Å². The fourth-order valence-electron chi connectivity index (χ4n) is 6.48. The molecule has 3 aliphatic heterocycles. The number of hydrogen-bond donors (Lipinski definition) is 1. The van der Waals surface area contributed by atoms with Crippen LogP contribution >= 0.6 is 0 Å². The zero-order valence-corrected chi connectivity index (χ0v) is 25.5. The lowest BCUT2D eigenvalue weighted by molar-refractivity contribution is -0.121. The second-order valence-electron chi connectivity index (χ2n) is 11.6. The van der Waals surface area contributed by atoms with E-state index in [0.717, 1.165) is 30.6 Å². The molecule has 4 heterocycles. The maximum absolute atomic E-state index is 14.1. The van der Waals surface area contributed by atoms with E-state index in [1.165, 1.54) is 7.11 Å². The van der Waals surface area contributed by atoms with E-state index in [4.69, 9.17) is 13.9 Å². The number of allylic oxidation sites excluding steroid dienone is 1. The molecule has 3 aliphatic rings. The van der Waals surface area contributed by atoms with Crippen molar-refractivity contribution < 1.29 is 32.3 Å². The van der Waals surface area contributed by atoms with Crippen LogP contribution in [-0.4, -0.2) is 80.9 Å². The van der Waals surface area contributed by atoms with Crippen LogP contribution in [0.2, 0.25) is 0 Å². The SMILES string of the molecule is CCc1c(N(CC)C2CCOCC2)cc2oc(CN3CCC(F)(F)CC3)cc2c1C(=O)NCC1C(=O)N=C(C)C=C1OC. The molecule has 43 heavy (non-hydrogen) atoms. The highest BCUT2D eigenvalue weighted by atomic mass is 19.3. The van der Waals surface area contributed by atoms with Gasteiger partial charge < -0.3 is 24.1 Å². The predicted molar refractivity (Wildman–Crippen MR) is 161 cm³/mol. The van der Waals surface area contributed by atoms with Crippen molar-refractivity contribution in [3.05, 3.63) is 40.9 Å². The molecule has 0 aliphatic carbocycles. The van der Waals surface area contributed by atoms with Crippen LogP contribution in [0.1, 0.15) is 68.1 Å². The lowest BCUT2D eigenvalue weighted by atomic mass is 9.95. The number of dihydropyridines is 1. The summed E-state index contributed by atoms with van der Waals surface area (Å²) in [5, 5.41) is 3.66. The number of aliphatic imine (C=N–C) groups is 1. The summed E-state index contributed by atoms with van der Waals surface area (Å²) in [6, 6.07) is 4.15. The molecule has 0 saturated carbocycles. The summed E-state index contributed by atoms with van der Waals surface area (Å²) in [5.41, 5.74) is 3.48. The number of benzene rings is 1. The number of carbonyl (C=O) groups is 2. The Morgan fingerprint density at radius 3 is 2.58 bits per heavy atom. The minimum Gasteiger partial charge on any atom is -0.500 e. The zero-order chi connectivity index (χ0) is 30.7. The van der Waals surface area contributed by atoms with Gasteiger partial charge in [-0.1, -0.05) is 6.92 Å². The van der Waals surface area contributed by atoms with Gasteiger partial charge in [0.1, 0.15) is 23.0 Å². The lowest BCUT2D eigenvalue weighted by Gasteiger charge is -2.37. The minimum absolute atomic E-state index is 0.0349. The summed E-state index contributed by atoms with van der Waals surface area (Å²) in [4.78, 5) is 35.1. The molecule has 1 atom stereocenters. The van der Waals surface area contributed by atoms with E-state index >= 15 is 0 Å². The second kappa shape index (κ2) is 13.1. The van der Waals surface area contributed by atoms with E-state index in [0.29, 0.717) is 59.9 Å². The molecular weight excluding hydrogens is 558 g/mol. The van der Waals surface area contributed by atoms with Crippen molar-refractivity contribution in [2.45, 2.75) is 71.4 Å². The molecule has 2 amide bonds. The Hall–Kier alpha value is -3.31. The van der Waals surface area contributed by atoms with Crippen LogP contribution in [0.4, 0.5) is 14.5 Å². The molecule has 0 bridgehead atoms. The number of furan rings is 1. The summed E-state index contributed by atoms with van der Waals surface area (Å²) in [7, 11) is 1.50. The van der Waals surface area contributed by atoms with E-state index in [1.807, 2.05) is 24.0 Å². The van der Waals surface area contributed by atoms with Gasteiger partial charge in [0.25, 0.3) is 17.7 Å². The van der Waals surface area contributed by atoms with Crippen LogP contribution in [0.3, 0.4) is 0 Å². The number of nitrogens with zero attached hydrogens (tertiary/aromatic N) is 3. The summed E-state index contributed by atoms with van der Waals surface area (Å²) in [6.45, 7) is 8.96. The fraction of sp³-hybridized carbons (Fsp3) is 0.594. The van der Waals surface area contributed by atoms with Crippen LogP contribution in [0.5, 0.6) is 0 Å². The zero-order valence-electron chi connectivity index (χ0n) is 25.5. The number of amides is 2. The molecule has 2 saturated heterocycles. The number of alkyl halides is 2. The molecule has 5 rings (SSSR count). The third kappa shape index (κ3) is 6.77. The number of rotatable bonds is 10. The first kappa shape index (κ1) is 31.1. The number of methoxy groups -OCH3 is 1. The largest absolute Gasteiger partial charge is 0.500 e. The molecule has 0 spiro atoms. The molecule has 1 N–H and O–H groups in total. The maximum Gasteiger partial charge on any atom is 0.258 e. The molecule has 1 unspecified atom stereocenters. The van der Waals surface area contributed by atoms with Gasteiger partial charge in [-0.05, 0) is 50.8 Å². The standard InChI is InChI=1S/C32H42F2N4O5/c1-5-23-26(38(6-2)21-7-13-42-14-8-21)17-28-24(16-22(43-28)19-37-11-9-32(33,34)10-12-37)29(23)31(40)35-18-25-27(41-4)15-20(3)36-30(25)39/h15-17,21,25H,5-14,18-19H2,1-4H3,(H,35,40). The predicted octanol–water partition coefficient (Wildman–Crippen LogP) is 5.11. The average molecular weight is 601 g/mol. The van der Waals surface area contributed by atoms with Gasteiger partial charge in [0.15, 0.2) is 0 Å². The van der Waals surface area contributed by atoms with Crippen molar-refractivity contribution in [3.63, 3.8) is 0 Å². The van der Waals surface area contributed by atoms with Crippen LogP contribution in [0, 0.1) is 5.92 Å². The highest BCUT2D eigenvalue weighted by molar-refractivity contribution is 6.10. The van der Waals surface area contributed by atoms with Gasteiger partial charge in [0, 0.05) is 81.1 Å². The number of fused-ring (bicyclic) bond motifs is 1. The third-order valence-corrected chi connectivity index (χ3v) is 8.77. The van der Waals surface area contributed by atoms with Gasteiger partial charge in [-0.25, -0.2) is 13.8 Å². The Morgan fingerprint density at radius 2 is 1.93 bits per heavy atom. The number of carbonyl (C=O) groups excluding carboxylic acids is 2. The number of halogens is 2. The summed E-state index contributed by atoms with van der Waals surface area (Å²) in [5.74, 6) is -2.93. The summed E-state index contributed by atoms with van der Waals surface area (Å²) >= 11 is 0. The van der Waals surface area contributed by atoms with Crippen molar-refractivity contribution in [1.29, 1.82) is 0 Å². The van der Waals surface area contributed by atoms with E-state index in [9.17, 15) is 18.4 Å². The number of ether oxygens (including phenoxy) is 2. The van der Waals surface area contributed by atoms with E-state index in [-0.39, 0.29) is 50.3 Å². The van der Waals surface area contributed by atoms with Crippen LogP contribution in [-0.2, 0) is 27.2 Å². The van der Waals surface area contributed by atoms with Gasteiger partial charge in [-0.2, -0.15) is 0 Å². The summed E-state index contributed by atoms with van der Waals surface area (Å²) < 4.78 is 44.9. The Bertz CT molecular complexity index is 1400. The van der Waals surface area contributed by atoms with Gasteiger partial charge in [0.2, 0.25) is 0 Å². The first-order valence-corrected chi connectivity index (χ1v) is 15.3. The number of hydrogen-bond acceptors (Lipinski definition) is 7. The molecule has 234 valence electrons. The van der Waals surface area contributed by atoms with Gasteiger partial charge in [-0.3, -0.25) is 14.5 Å². The quantitative estimate of drug-likeness (QED) is 0.405. The molecule has 11 heteroatoms.